The highest BCUT2D eigenvalue weighted by Gasteiger charge is 2.42. The molecule has 0 radical (unpaired) electrons. The molecule has 2 aliphatic carbocycles. The van der Waals surface area contributed by atoms with Gasteiger partial charge in [-0.2, -0.15) is 0 Å². The summed E-state index contributed by atoms with van der Waals surface area (Å²) in [4.78, 5) is 0. The van der Waals surface area contributed by atoms with Crippen LogP contribution in [0.1, 0.15) is 31.2 Å². The first-order valence-corrected chi connectivity index (χ1v) is 7.24. The Morgan fingerprint density at radius 2 is 1.74 bits per heavy atom. The van der Waals surface area contributed by atoms with Gasteiger partial charge in [0.2, 0.25) is 0 Å². The van der Waals surface area contributed by atoms with Crippen LogP contribution < -0.4 is 0 Å². The van der Waals surface area contributed by atoms with Gasteiger partial charge in [-0.25, -0.2) is 0 Å². The van der Waals surface area contributed by atoms with E-state index < -0.39 is 0 Å². The second-order valence-electron chi connectivity index (χ2n) is 5.81. The average Bonchev–Trinajstić information content (AvgIpc) is 2.67. The first-order valence-electron chi connectivity index (χ1n) is 7.24. The van der Waals surface area contributed by atoms with E-state index >= 15 is 0 Å². The third kappa shape index (κ3) is 3.16. The third-order valence-electron chi connectivity index (χ3n) is 4.44. The summed E-state index contributed by atoms with van der Waals surface area (Å²) in [6, 6.07) is 10.1. The topological polar surface area (TPSA) is 38.7 Å². The molecule has 0 aliphatic heterocycles. The first-order chi connectivity index (χ1) is 9.33. The molecule has 0 heterocycles. The maximum Gasteiger partial charge on any atom is 0.147 e. The van der Waals surface area contributed by atoms with Gasteiger partial charge < -0.3 is 14.6 Å². The molecule has 2 fully saturated rings. The molecule has 2 unspecified atom stereocenters. The molecule has 3 heteroatoms. The van der Waals surface area contributed by atoms with Crippen LogP contribution in [0.25, 0.3) is 0 Å². The second-order valence-corrected chi connectivity index (χ2v) is 5.81. The van der Waals surface area contributed by atoms with Gasteiger partial charge in [0, 0.05) is 0 Å². The van der Waals surface area contributed by atoms with Crippen LogP contribution in [0.3, 0.4) is 0 Å². The van der Waals surface area contributed by atoms with Gasteiger partial charge in [-0.05, 0) is 43.1 Å². The molecule has 104 valence electrons. The van der Waals surface area contributed by atoms with Gasteiger partial charge in [0.1, 0.15) is 6.79 Å². The van der Waals surface area contributed by atoms with Crippen LogP contribution in [0.15, 0.2) is 30.3 Å². The Morgan fingerprint density at radius 3 is 2.42 bits per heavy atom. The monoisotopic (exact) mass is 262 g/mol. The van der Waals surface area contributed by atoms with Gasteiger partial charge in [-0.15, -0.1) is 0 Å². The van der Waals surface area contributed by atoms with Crippen LogP contribution in [0.4, 0.5) is 0 Å². The maximum atomic E-state index is 9.74. The van der Waals surface area contributed by atoms with E-state index in [0.717, 1.165) is 12.8 Å². The summed E-state index contributed by atoms with van der Waals surface area (Å²) in [7, 11) is 0. The SMILES string of the molecule is OC1C[C@H]2CC[C@@H](C1)C2OCOCc1ccccc1. The Labute approximate surface area is 114 Å². The fourth-order valence-electron chi connectivity index (χ4n) is 3.57. The lowest BCUT2D eigenvalue weighted by Gasteiger charge is -2.32. The zero-order valence-corrected chi connectivity index (χ0v) is 11.2. The van der Waals surface area contributed by atoms with Crippen molar-refractivity contribution < 1.29 is 14.6 Å². The largest absolute Gasteiger partial charge is 0.393 e. The summed E-state index contributed by atoms with van der Waals surface area (Å²) >= 11 is 0. The van der Waals surface area contributed by atoms with Crippen LogP contribution in [0, 0.1) is 11.8 Å². The Balaban J connectivity index is 1.41. The smallest absolute Gasteiger partial charge is 0.147 e. The minimum Gasteiger partial charge on any atom is -0.393 e. The van der Waals surface area contributed by atoms with Crippen molar-refractivity contribution in [2.24, 2.45) is 11.8 Å². The molecule has 19 heavy (non-hydrogen) atoms. The first kappa shape index (κ1) is 13.1. The molecule has 0 spiro atoms. The normalized spacial score (nSPS) is 33.5. The lowest BCUT2D eigenvalue weighted by molar-refractivity contribution is -0.135. The van der Waals surface area contributed by atoms with Gasteiger partial charge >= 0.3 is 0 Å². The predicted molar refractivity (Wildman–Crippen MR) is 72.4 cm³/mol. The molecule has 0 saturated heterocycles. The summed E-state index contributed by atoms with van der Waals surface area (Å²) in [5.41, 5.74) is 1.17. The van der Waals surface area contributed by atoms with Crippen LogP contribution in [0.2, 0.25) is 0 Å². The van der Waals surface area contributed by atoms with E-state index in [-0.39, 0.29) is 6.10 Å². The van der Waals surface area contributed by atoms with E-state index in [1.165, 1.54) is 18.4 Å². The lowest BCUT2D eigenvalue weighted by atomic mass is 9.84. The summed E-state index contributed by atoms with van der Waals surface area (Å²) in [5.74, 6) is 1.07. The van der Waals surface area contributed by atoms with Crippen LogP contribution >= 0.6 is 0 Å². The fraction of sp³-hybridized carbons (Fsp3) is 0.625. The van der Waals surface area contributed by atoms with Gasteiger partial charge in [0.05, 0.1) is 18.8 Å². The molecule has 0 amide bonds. The quantitative estimate of drug-likeness (QED) is 0.655. The predicted octanol–water partition coefficient (Wildman–Crippen LogP) is 2.73. The molecule has 2 saturated carbocycles. The van der Waals surface area contributed by atoms with Crippen LogP contribution in [-0.4, -0.2) is 24.1 Å². The van der Waals surface area contributed by atoms with Crippen LogP contribution in [0.5, 0.6) is 0 Å². The number of hydrogen-bond donors (Lipinski definition) is 1. The highest BCUT2D eigenvalue weighted by atomic mass is 16.7. The average molecular weight is 262 g/mol. The van der Waals surface area contributed by atoms with E-state index in [1.54, 1.807) is 0 Å². The number of aliphatic hydroxyl groups is 1. The van der Waals surface area contributed by atoms with Crippen LogP contribution in [-0.2, 0) is 16.1 Å². The molecule has 3 rings (SSSR count). The van der Waals surface area contributed by atoms with E-state index in [1.807, 2.05) is 18.2 Å². The minimum absolute atomic E-state index is 0.109. The van der Waals surface area contributed by atoms with Gasteiger partial charge in [0.25, 0.3) is 0 Å². The molecule has 0 aromatic heterocycles. The van der Waals surface area contributed by atoms with Crippen molar-refractivity contribution in [1.29, 1.82) is 0 Å². The fourth-order valence-corrected chi connectivity index (χ4v) is 3.57. The summed E-state index contributed by atoms with van der Waals surface area (Å²) in [6.07, 6.45) is 4.40. The zero-order chi connectivity index (χ0) is 13.1. The molecule has 3 nitrogen and oxygen atoms in total. The van der Waals surface area contributed by atoms with Gasteiger partial charge in [-0.1, -0.05) is 30.3 Å². The molecule has 4 atom stereocenters. The van der Waals surface area contributed by atoms with Crippen molar-refractivity contribution in [2.75, 3.05) is 6.79 Å². The standard InChI is InChI=1S/C16H22O3/c17-15-8-13-6-7-14(9-15)16(13)19-11-18-10-12-4-2-1-3-5-12/h1-5,13-17H,6-11H2/t13-,14+,15?,16?. The second kappa shape index (κ2) is 6.04. The highest BCUT2D eigenvalue weighted by molar-refractivity contribution is 5.13. The van der Waals surface area contributed by atoms with E-state index in [4.69, 9.17) is 9.47 Å². The Hall–Kier alpha value is -0.900. The Bertz CT molecular complexity index is 378. The zero-order valence-electron chi connectivity index (χ0n) is 11.2. The Morgan fingerprint density at radius 1 is 1.05 bits per heavy atom. The van der Waals surface area contributed by atoms with E-state index in [0.29, 0.717) is 31.3 Å². The van der Waals surface area contributed by atoms with Crippen molar-refractivity contribution in [3.8, 4) is 0 Å². The van der Waals surface area contributed by atoms with Crippen molar-refractivity contribution >= 4 is 0 Å². The molecule has 1 aromatic carbocycles. The Kier molecular flexibility index (Phi) is 4.16. The number of aliphatic hydroxyl groups excluding tert-OH is 1. The molecular weight excluding hydrogens is 240 g/mol. The maximum absolute atomic E-state index is 9.74. The number of ether oxygens (including phenoxy) is 2. The summed E-state index contributed by atoms with van der Waals surface area (Å²) in [6.45, 7) is 0.966. The molecule has 2 aliphatic rings. The van der Waals surface area contributed by atoms with Gasteiger partial charge in [0.15, 0.2) is 0 Å². The number of rotatable bonds is 5. The highest BCUT2D eigenvalue weighted by Crippen LogP contribution is 2.43. The lowest BCUT2D eigenvalue weighted by Crippen LogP contribution is -2.35. The summed E-state index contributed by atoms with van der Waals surface area (Å²) in [5, 5.41) is 9.74. The summed E-state index contributed by atoms with van der Waals surface area (Å²) < 4.78 is 11.5. The molecule has 1 N–H and O–H groups in total. The van der Waals surface area contributed by atoms with E-state index in [9.17, 15) is 5.11 Å². The number of benzene rings is 1. The van der Waals surface area contributed by atoms with Crippen molar-refractivity contribution in [2.45, 2.75) is 44.5 Å². The van der Waals surface area contributed by atoms with E-state index in [2.05, 4.69) is 12.1 Å². The number of fused-ring (bicyclic) bond motifs is 2. The third-order valence-corrected chi connectivity index (χ3v) is 4.44. The molecule has 1 aromatic rings. The minimum atomic E-state index is -0.109. The van der Waals surface area contributed by atoms with Gasteiger partial charge in [-0.3, -0.25) is 0 Å². The number of hydrogen-bond acceptors (Lipinski definition) is 3. The van der Waals surface area contributed by atoms with Crippen molar-refractivity contribution in [3.05, 3.63) is 35.9 Å². The van der Waals surface area contributed by atoms with Crippen molar-refractivity contribution in [1.82, 2.24) is 0 Å². The van der Waals surface area contributed by atoms with Crippen molar-refractivity contribution in [3.63, 3.8) is 0 Å². The molecular formula is C16H22O3. The molecule has 2 bridgehead atoms.